The minimum Gasteiger partial charge on any atom is -0.493 e. The van der Waals surface area contributed by atoms with Crippen molar-refractivity contribution in [3.63, 3.8) is 0 Å². The van der Waals surface area contributed by atoms with Crippen LogP contribution in [0.2, 0.25) is 0 Å². The summed E-state index contributed by atoms with van der Waals surface area (Å²) < 4.78 is 10.6. The summed E-state index contributed by atoms with van der Waals surface area (Å²) in [5, 5.41) is 6.36. The molecule has 0 radical (unpaired) electrons. The summed E-state index contributed by atoms with van der Waals surface area (Å²) in [6, 6.07) is 5.32. The fraction of sp³-hybridized carbons (Fsp3) is 0.579. The third-order valence-electron chi connectivity index (χ3n) is 4.73. The molecule has 2 atom stereocenters. The summed E-state index contributed by atoms with van der Waals surface area (Å²) in [5.74, 6) is 1.37. The van der Waals surface area contributed by atoms with E-state index in [1.165, 1.54) is 20.0 Å². The Morgan fingerprint density at radius 3 is 2.85 bits per heavy atom. The molecule has 1 heterocycles. The molecule has 4 N–H and O–H groups in total. The predicted molar refractivity (Wildman–Crippen MR) is 98.9 cm³/mol. The molecule has 7 nitrogen and oxygen atoms in total. The number of hydrogen-bond donors (Lipinski definition) is 3. The molecule has 0 bridgehead atoms. The number of ether oxygens (including phenoxy) is 2. The molecule has 2 unspecified atom stereocenters. The van der Waals surface area contributed by atoms with Gasteiger partial charge in [-0.1, -0.05) is 13.0 Å². The van der Waals surface area contributed by atoms with E-state index in [1.54, 1.807) is 12.1 Å². The summed E-state index contributed by atoms with van der Waals surface area (Å²) in [5.41, 5.74) is 5.98. The SMILES string of the molecule is COc1cc(CNC(=O)CC(C)C2CCCNC2)ccc1OCC(N)=O. The van der Waals surface area contributed by atoms with Gasteiger partial charge in [-0.05, 0) is 55.5 Å². The van der Waals surface area contributed by atoms with Crippen LogP contribution in [0, 0.1) is 11.8 Å². The standard InChI is InChI=1S/C19H29N3O4/c1-13(15-4-3-7-21-11-15)8-19(24)22-10-14-5-6-16(17(9-14)25-2)26-12-18(20)23/h5-6,9,13,15,21H,3-4,7-8,10-12H2,1-2H3,(H2,20,23)(H,22,24). The van der Waals surface area contributed by atoms with Crippen molar-refractivity contribution in [3.8, 4) is 11.5 Å². The lowest BCUT2D eigenvalue weighted by Gasteiger charge is -2.28. The second-order valence-corrected chi connectivity index (χ2v) is 6.80. The zero-order valence-corrected chi connectivity index (χ0v) is 15.5. The maximum Gasteiger partial charge on any atom is 0.255 e. The fourth-order valence-electron chi connectivity index (χ4n) is 3.19. The van der Waals surface area contributed by atoms with Gasteiger partial charge in [0.2, 0.25) is 5.91 Å². The van der Waals surface area contributed by atoms with Gasteiger partial charge in [0.1, 0.15) is 0 Å². The van der Waals surface area contributed by atoms with E-state index in [9.17, 15) is 9.59 Å². The molecule has 1 aliphatic heterocycles. The van der Waals surface area contributed by atoms with E-state index in [4.69, 9.17) is 15.2 Å². The van der Waals surface area contributed by atoms with Crippen LogP contribution < -0.4 is 25.8 Å². The van der Waals surface area contributed by atoms with Crippen molar-refractivity contribution >= 4 is 11.8 Å². The quantitative estimate of drug-likeness (QED) is 0.612. The third kappa shape index (κ3) is 6.22. The molecular weight excluding hydrogens is 334 g/mol. The van der Waals surface area contributed by atoms with Gasteiger partial charge in [-0.15, -0.1) is 0 Å². The summed E-state index contributed by atoms with van der Waals surface area (Å²) in [4.78, 5) is 23.1. The van der Waals surface area contributed by atoms with E-state index in [0.29, 0.717) is 36.3 Å². The van der Waals surface area contributed by atoms with Gasteiger partial charge in [0.25, 0.3) is 5.91 Å². The lowest BCUT2D eigenvalue weighted by atomic mass is 9.85. The molecular formula is C19H29N3O4. The third-order valence-corrected chi connectivity index (χ3v) is 4.73. The van der Waals surface area contributed by atoms with Gasteiger partial charge in [-0.3, -0.25) is 9.59 Å². The summed E-state index contributed by atoms with van der Waals surface area (Å²) in [7, 11) is 1.52. The molecule has 144 valence electrons. The highest BCUT2D eigenvalue weighted by Crippen LogP contribution is 2.28. The van der Waals surface area contributed by atoms with Gasteiger partial charge < -0.3 is 25.8 Å². The van der Waals surface area contributed by atoms with Crippen LogP contribution in [0.3, 0.4) is 0 Å². The Balaban J connectivity index is 1.83. The summed E-state index contributed by atoms with van der Waals surface area (Å²) in [6.07, 6.45) is 2.90. The number of benzene rings is 1. The number of nitrogens with two attached hydrogens (primary N) is 1. The minimum atomic E-state index is -0.550. The van der Waals surface area contributed by atoms with Crippen molar-refractivity contribution < 1.29 is 19.1 Å². The lowest BCUT2D eigenvalue weighted by Crippen LogP contribution is -2.35. The number of methoxy groups -OCH3 is 1. The Labute approximate surface area is 154 Å². The van der Waals surface area contributed by atoms with Crippen LogP contribution in [0.1, 0.15) is 31.7 Å². The van der Waals surface area contributed by atoms with Crippen molar-refractivity contribution in [1.29, 1.82) is 0 Å². The zero-order valence-electron chi connectivity index (χ0n) is 15.5. The molecule has 0 aliphatic carbocycles. The first-order valence-electron chi connectivity index (χ1n) is 9.05. The van der Waals surface area contributed by atoms with Crippen molar-refractivity contribution in [2.45, 2.75) is 32.7 Å². The smallest absolute Gasteiger partial charge is 0.255 e. The number of nitrogens with one attached hydrogen (secondary N) is 2. The number of primary amides is 1. The van der Waals surface area contributed by atoms with E-state index in [0.717, 1.165) is 18.7 Å². The van der Waals surface area contributed by atoms with Crippen LogP contribution in [0.15, 0.2) is 18.2 Å². The van der Waals surface area contributed by atoms with E-state index in [1.807, 2.05) is 6.07 Å². The molecule has 7 heteroatoms. The van der Waals surface area contributed by atoms with Crippen molar-refractivity contribution in [3.05, 3.63) is 23.8 Å². The predicted octanol–water partition coefficient (Wildman–Crippen LogP) is 1.20. The first kappa shape index (κ1) is 20.0. The maximum absolute atomic E-state index is 12.2. The molecule has 2 amide bonds. The molecule has 1 aromatic carbocycles. The lowest BCUT2D eigenvalue weighted by molar-refractivity contribution is -0.122. The van der Waals surface area contributed by atoms with Gasteiger partial charge in [0, 0.05) is 13.0 Å². The number of piperidine rings is 1. The van der Waals surface area contributed by atoms with Crippen molar-refractivity contribution in [1.82, 2.24) is 10.6 Å². The van der Waals surface area contributed by atoms with Crippen molar-refractivity contribution in [2.24, 2.45) is 17.6 Å². The molecule has 0 spiro atoms. The average Bonchev–Trinajstić information content (AvgIpc) is 2.65. The first-order valence-corrected chi connectivity index (χ1v) is 9.05. The highest BCUT2D eigenvalue weighted by molar-refractivity contribution is 5.76. The van der Waals surface area contributed by atoms with Crippen LogP contribution in [0.5, 0.6) is 11.5 Å². The Morgan fingerprint density at radius 2 is 2.19 bits per heavy atom. The summed E-state index contributed by atoms with van der Waals surface area (Å²) in [6.45, 7) is 4.43. The topological polar surface area (TPSA) is 103 Å². The molecule has 1 saturated heterocycles. The van der Waals surface area contributed by atoms with Gasteiger partial charge in [0.05, 0.1) is 7.11 Å². The molecule has 1 aliphatic rings. The van der Waals surface area contributed by atoms with E-state index in [2.05, 4.69) is 17.6 Å². The van der Waals surface area contributed by atoms with E-state index in [-0.39, 0.29) is 12.5 Å². The monoisotopic (exact) mass is 363 g/mol. The highest BCUT2D eigenvalue weighted by Gasteiger charge is 2.21. The minimum absolute atomic E-state index is 0.0519. The Kier molecular flexibility index (Phi) is 7.72. The summed E-state index contributed by atoms with van der Waals surface area (Å²) >= 11 is 0. The number of amides is 2. The van der Waals surface area contributed by atoms with Gasteiger partial charge in [-0.25, -0.2) is 0 Å². The second kappa shape index (κ2) is 10.0. The van der Waals surface area contributed by atoms with Crippen LogP contribution >= 0.6 is 0 Å². The van der Waals surface area contributed by atoms with Gasteiger partial charge in [0.15, 0.2) is 18.1 Å². The number of carbonyl (C=O) groups is 2. The highest BCUT2D eigenvalue weighted by atomic mass is 16.5. The van der Waals surface area contributed by atoms with E-state index >= 15 is 0 Å². The van der Waals surface area contributed by atoms with Crippen LogP contribution in [0.4, 0.5) is 0 Å². The Hall–Kier alpha value is -2.28. The van der Waals surface area contributed by atoms with E-state index < -0.39 is 5.91 Å². The Bertz CT molecular complexity index is 615. The molecule has 0 aromatic heterocycles. The molecule has 1 aromatic rings. The fourth-order valence-corrected chi connectivity index (χ4v) is 3.19. The normalized spacial score (nSPS) is 18.0. The number of carbonyl (C=O) groups excluding carboxylic acids is 2. The maximum atomic E-state index is 12.2. The number of hydrogen-bond acceptors (Lipinski definition) is 5. The number of rotatable bonds is 9. The van der Waals surface area contributed by atoms with Crippen LogP contribution in [-0.2, 0) is 16.1 Å². The zero-order chi connectivity index (χ0) is 18.9. The van der Waals surface area contributed by atoms with Crippen LogP contribution in [0.25, 0.3) is 0 Å². The second-order valence-electron chi connectivity index (χ2n) is 6.80. The molecule has 1 fully saturated rings. The Morgan fingerprint density at radius 1 is 1.38 bits per heavy atom. The van der Waals surface area contributed by atoms with Gasteiger partial charge in [-0.2, -0.15) is 0 Å². The molecule has 26 heavy (non-hydrogen) atoms. The van der Waals surface area contributed by atoms with Crippen molar-refractivity contribution in [2.75, 3.05) is 26.8 Å². The molecule has 0 saturated carbocycles. The van der Waals surface area contributed by atoms with Crippen LogP contribution in [-0.4, -0.2) is 38.6 Å². The average molecular weight is 363 g/mol. The molecule has 2 rings (SSSR count). The largest absolute Gasteiger partial charge is 0.493 e. The van der Waals surface area contributed by atoms with Gasteiger partial charge >= 0.3 is 0 Å². The first-order chi connectivity index (χ1) is 12.5.